The maximum Gasteiger partial charge on any atom is 0.160 e. The Morgan fingerprint density at radius 1 is 1.24 bits per heavy atom. The van der Waals surface area contributed by atoms with Gasteiger partial charge in [0, 0.05) is 18.0 Å². The van der Waals surface area contributed by atoms with Crippen LogP contribution in [0.3, 0.4) is 0 Å². The second-order valence-electron chi connectivity index (χ2n) is 5.09. The van der Waals surface area contributed by atoms with Crippen molar-refractivity contribution in [3.63, 3.8) is 0 Å². The average molecular weight is 282 g/mol. The Labute approximate surface area is 123 Å². The fraction of sp³-hybridized carbons (Fsp3) is 0.250. The summed E-state index contributed by atoms with van der Waals surface area (Å²) < 4.78 is 7.80. The number of aromatic nitrogens is 3. The molecule has 0 bridgehead atoms. The van der Waals surface area contributed by atoms with Crippen LogP contribution in [0.2, 0.25) is 0 Å². The van der Waals surface area contributed by atoms with Gasteiger partial charge in [-0.25, -0.2) is 9.97 Å². The first-order valence-electron chi connectivity index (χ1n) is 6.91. The molecule has 0 spiro atoms. The second-order valence-corrected chi connectivity index (χ2v) is 5.09. The molecule has 0 unspecified atom stereocenters. The Kier molecular flexibility index (Phi) is 3.48. The summed E-state index contributed by atoms with van der Waals surface area (Å²) in [6.07, 6.45) is 1.86. The molecule has 0 aliphatic carbocycles. The van der Waals surface area contributed by atoms with E-state index in [1.54, 1.807) is 0 Å². The van der Waals surface area contributed by atoms with E-state index in [4.69, 9.17) is 10.5 Å². The summed E-state index contributed by atoms with van der Waals surface area (Å²) in [5.74, 6) is 1.72. The van der Waals surface area contributed by atoms with Crippen molar-refractivity contribution in [2.24, 2.45) is 0 Å². The topological polar surface area (TPSA) is 66.0 Å². The smallest absolute Gasteiger partial charge is 0.160 e. The number of nitrogens with zero attached hydrogens (tertiary/aromatic N) is 3. The number of nitrogens with two attached hydrogens (primary N) is 1. The molecule has 0 aliphatic rings. The number of hydrogen-bond donors (Lipinski definition) is 1. The Balaban J connectivity index is 1.75. The van der Waals surface area contributed by atoms with Gasteiger partial charge in [0.25, 0.3) is 0 Å². The van der Waals surface area contributed by atoms with E-state index in [0.717, 1.165) is 28.3 Å². The van der Waals surface area contributed by atoms with Gasteiger partial charge in [-0.15, -0.1) is 0 Å². The molecule has 5 heteroatoms. The monoisotopic (exact) mass is 282 g/mol. The third-order valence-corrected chi connectivity index (χ3v) is 3.35. The summed E-state index contributed by atoms with van der Waals surface area (Å²) in [4.78, 5) is 9.00. The van der Waals surface area contributed by atoms with Gasteiger partial charge in [-0.2, -0.15) is 0 Å². The summed E-state index contributed by atoms with van der Waals surface area (Å²) in [5.41, 5.74) is 9.37. The molecule has 0 saturated heterocycles. The maximum absolute atomic E-state index is 5.73. The number of fused-ring (bicyclic) bond motifs is 1. The van der Waals surface area contributed by atoms with Gasteiger partial charge in [0.05, 0.1) is 6.54 Å². The van der Waals surface area contributed by atoms with Crippen LogP contribution >= 0.6 is 0 Å². The minimum absolute atomic E-state index is 0.547. The Morgan fingerprint density at radius 3 is 2.90 bits per heavy atom. The quantitative estimate of drug-likeness (QED) is 0.747. The number of anilines is 1. The zero-order valence-corrected chi connectivity index (χ0v) is 12.2. The first kappa shape index (κ1) is 13.4. The van der Waals surface area contributed by atoms with E-state index >= 15 is 0 Å². The fourth-order valence-corrected chi connectivity index (χ4v) is 2.35. The normalized spacial score (nSPS) is 11.0. The van der Waals surface area contributed by atoms with Gasteiger partial charge in [-0.1, -0.05) is 6.07 Å². The van der Waals surface area contributed by atoms with Crippen LogP contribution in [0.5, 0.6) is 5.75 Å². The van der Waals surface area contributed by atoms with Crippen LogP contribution in [0.4, 0.5) is 5.69 Å². The number of hydrogen-bond acceptors (Lipinski definition) is 4. The Bertz CT molecular complexity index is 779. The number of rotatable bonds is 4. The first-order chi connectivity index (χ1) is 10.1. The highest BCUT2D eigenvalue weighted by molar-refractivity contribution is 5.72. The standard InChI is InChI=1S/C16H18N4O/c1-11-8-15-16(18-10-11)20(12(2)19-15)6-7-21-14-5-3-4-13(17)9-14/h3-5,8-10H,6-7,17H2,1-2H3. The van der Waals surface area contributed by atoms with E-state index in [9.17, 15) is 0 Å². The van der Waals surface area contributed by atoms with Gasteiger partial charge in [0.1, 0.15) is 23.7 Å². The molecule has 5 nitrogen and oxygen atoms in total. The molecule has 2 N–H and O–H groups in total. The second kappa shape index (κ2) is 5.44. The molecule has 21 heavy (non-hydrogen) atoms. The summed E-state index contributed by atoms with van der Waals surface area (Å²) in [6, 6.07) is 9.49. The lowest BCUT2D eigenvalue weighted by Crippen LogP contribution is -2.10. The molecule has 0 fully saturated rings. The van der Waals surface area contributed by atoms with Gasteiger partial charge in [-0.05, 0) is 37.6 Å². The first-order valence-corrected chi connectivity index (χ1v) is 6.91. The number of pyridine rings is 1. The molecular formula is C16H18N4O. The van der Waals surface area contributed by atoms with Crippen LogP contribution in [0.25, 0.3) is 11.2 Å². The predicted octanol–water partition coefficient (Wildman–Crippen LogP) is 2.71. The maximum atomic E-state index is 5.73. The van der Waals surface area contributed by atoms with Crippen molar-refractivity contribution in [1.82, 2.24) is 14.5 Å². The molecule has 0 aliphatic heterocycles. The molecular weight excluding hydrogens is 264 g/mol. The summed E-state index contributed by atoms with van der Waals surface area (Å²) >= 11 is 0. The number of aryl methyl sites for hydroxylation is 2. The van der Waals surface area contributed by atoms with Gasteiger partial charge < -0.3 is 15.0 Å². The lowest BCUT2D eigenvalue weighted by molar-refractivity contribution is 0.299. The van der Waals surface area contributed by atoms with Crippen molar-refractivity contribution >= 4 is 16.9 Å². The van der Waals surface area contributed by atoms with Crippen LogP contribution in [0.15, 0.2) is 36.5 Å². The van der Waals surface area contributed by atoms with Crippen molar-refractivity contribution in [1.29, 1.82) is 0 Å². The zero-order valence-electron chi connectivity index (χ0n) is 12.2. The van der Waals surface area contributed by atoms with Crippen molar-refractivity contribution in [3.05, 3.63) is 47.9 Å². The molecule has 3 rings (SSSR count). The van der Waals surface area contributed by atoms with E-state index < -0.39 is 0 Å². The van der Waals surface area contributed by atoms with Crippen LogP contribution in [0, 0.1) is 13.8 Å². The third kappa shape index (κ3) is 2.81. The summed E-state index contributed by atoms with van der Waals surface area (Å²) in [7, 11) is 0. The van der Waals surface area contributed by atoms with Crippen molar-refractivity contribution < 1.29 is 4.74 Å². The minimum Gasteiger partial charge on any atom is -0.492 e. The van der Waals surface area contributed by atoms with Crippen molar-refractivity contribution in [2.75, 3.05) is 12.3 Å². The molecule has 0 radical (unpaired) electrons. The summed E-state index contributed by atoms with van der Waals surface area (Å²) in [5, 5.41) is 0. The van der Waals surface area contributed by atoms with Crippen molar-refractivity contribution in [3.8, 4) is 5.75 Å². The highest BCUT2D eigenvalue weighted by Crippen LogP contribution is 2.16. The van der Waals surface area contributed by atoms with Crippen LogP contribution in [-0.4, -0.2) is 21.1 Å². The SMILES string of the molecule is Cc1cnc2c(c1)nc(C)n2CCOc1cccc(N)c1. The molecule has 2 aromatic heterocycles. The lowest BCUT2D eigenvalue weighted by atomic mass is 10.3. The van der Waals surface area contributed by atoms with E-state index in [0.29, 0.717) is 18.8 Å². The highest BCUT2D eigenvalue weighted by atomic mass is 16.5. The molecule has 1 aromatic carbocycles. The van der Waals surface area contributed by atoms with E-state index in [1.807, 2.05) is 50.4 Å². The molecule has 108 valence electrons. The highest BCUT2D eigenvalue weighted by Gasteiger charge is 2.08. The zero-order chi connectivity index (χ0) is 14.8. The number of benzene rings is 1. The lowest BCUT2D eigenvalue weighted by Gasteiger charge is -2.09. The minimum atomic E-state index is 0.547. The van der Waals surface area contributed by atoms with Crippen molar-refractivity contribution in [2.45, 2.75) is 20.4 Å². The molecule has 0 amide bonds. The Morgan fingerprint density at radius 2 is 2.10 bits per heavy atom. The number of ether oxygens (including phenoxy) is 1. The molecule has 0 saturated carbocycles. The van der Waals surface area contributed by atoms with Gasteiger partial charge in [0.15, 0.2) is 5.65 Å². The van der Waals surface area contributed by atoms with Gasteiger partial charge in [0.2, 0.25) is 0 Å². The Hall–Kier alpha value is -2.56. The van der Waals surface area contributed by atoms with Gasteiger partial charge in [-0.3, -0.25) is 0 Å². The third-order valence-electron chi connectivity index (χ3n) is 3.35. The molecule has 2 heterocycles. The number of imidazole rings is 1. The van der Waals surface area contributed by atoms with E-state index in [1.165, 1.54) is 0 Å². The van der Waals surface area contributed by atoms with Crippen LogP contribution < -0.4 is 10.5 Å². The largest absolute Gasteiger partial charge is 0.492 e. The van der Waals surface area contributed by atoms with E-state index in [-0.39, 0.29) is 0 Å². The number of nitrogen functional groups attached to an aromatic ring is 1. The average Bonchev–Trinajstić information content (AvgIpc) is 2.74. The summed E-state index contributed by atoms with van der Waals surface area (Å²) in [6.45, 7) is 5.25. The van der Waals surface area contributed by atoms with Gasteiger partial charge >= 0.3 is 0 Å². The van der Waals surface area contributed by atoms with E-state index in [2.05, 4.69) is 14.5 Å². The predicted molar refractivity (Wildman–Crippen MR) is 83.4 cm³/mol. The molecule has 3 aromatic rings. The van der Waals surface area contributed by atoms with Crippen LogP contribution in [0.1, 0.15) is 11.4 Å². The molecule has 0 atom stereocenters. The van der Waals surface area contributed by atoms with Crippen LogP contribution in [-0.2, 0) is 6.54 Å². The fourth-order valence-electron chi connectivity index (χ4n) is 2.35.